The summed E-state index contributed by atoms with van der Waals surface area (Å²) in [7, 11) is -5.52. The van der Waals surface area contributed by atoms with Crippen molar-refractivity contribution in [1.29, 1.82) is 0 Å². The number of pyridine rings is 1. The van der Waals surface area contributed by atoms with E-state index in [1.807, 2.05) is 13.8 Å². The molecule has 0 saturated heterocycles. The van der Waals surface area contributed by atoms with E-state index in [-0.39, 0.29) is 23.2 Å². The number of aromatic hydroxyl groups is 1. The summed E-state index contributed by atoms with van der Waals surface area (Å²) in [6.07, 6.45) is 3.77. The minimum absolute atomic E-state index is 0.0356. The largest absolute Gasteiger partial charge is 0.501 e. The molecule has 0 bridgehead atoms. The van der Waals surface area contributed by atoms with E-state index >= 15 is 0 Å². The second kappa shape index (κ2) is 8.45. The molecular formula is C21H22F3N3O4S. The first kappa shape index (κ1) is 23.6. The molecule has 2 aromatic heterocycles. The number of nitrogens with zero attached hydrogens (tertiary/aromatic N) is 3. The van der Waals surface area contributed by atoms with Crippen LogP contribution < -0.4 is 5.69 Å². The third-order valence-corrected chi connectivity index (χ3v) is 6.60. The molecule has 1 unspecified atom stereocenters. The van der Waals surface area contributed by atoms with Crippen LogP contribution in [0.2, 0.25) is 0 Å². The van der Waals surface area contributed by atoms with Crippen LogP contribution in [0.25, 0.3) is 5.69 Å². The van der Waals surface area contributed by atoms with E-state index in [1.54, 1.807) is 31.5 Å². The van der Waals surface area contributed by atoms with Crippen LogP contribution in [0.3, 0.4) is 0 Å². The Morgan fingerprint density at radius 2 is 1.62 bits per heavy atom. The molecule has 1 aromatic carbocycles. The first-order chi connectivity index (χ1) is 14.9. The van der Waals surface area contributed by atoms with Crippen LogP contribution in [0, 0.1) is 12.8 Å². The molecule has 2 heterocycles. The molecule has 7 nitrogen and oxygen atoms in total. The Labute approximate surface area is 182 Å². The van der Waals surface area contributed by atoms with Gasteiger partial charge in [0, 0.05) is 12.4 Å². The molecule has 11 heteroatoms. The van der Waals surface area contributed by atoms with Gasteiger partial charge in [0.1, 0.15) is 0 Å². The van der Waals surface area contributed by atoms with Crippen molar-refractivity contribution in [3.63, 3.8) is 0 Å². The summed E-state index contributed by atoms with van der Waals surface area (Å²) in [6, 6.07) is 6.73. The minimum Gasteiger partial charge on any atom is -0.493 e. The van der Waals surface area contributed by atoms with Gasteiger partial charge in [-0.2, -0.15) is 13.2 Å². The minimum atomic E-state index is -5.52. The highest BCUT2D eigenvalue weighted by molar-refractivity contribution is 7.92. The number of alkyl halides is 3. The fraction of sp³-hybridized carbons (Fsp3) is 0.333. The summed E-state index contributed by atoms with van der Waals surface area (Å²) < 4.78 is 63.9. The number of rotatable bonds is 6. The van der Waals surface area contributed by atoms with Gasteiger partial charge in [0.25, 0.3) is 9.84 Å². The lowest BCUT2D eigenvalue weighted by Crippen LogP contribution is -2.29. The van der Waals surface area contributed by atoms with Crippen LogP contribution in [-0.4, -0.2) is 33.2 Å². The molecule has 0 fully saturated rings. The number of halogens is 3. The Balaban J connectivity index is 2.13. The fourth-order valence-corrected chi connectivity index (χ4v) is 4.30. The molecule has 32 heavy (non-hydrogen) atoms. The summed E-state index contributed by atoms with van der Waals surface area (Å²) in [5.41, 5.74) is -4.93. The molecule has 0 aliphatic carbocycles. The van der Waals surface area contributed by atoms with E-state index in [0.29, 0.717) is 6.42 Å². The van der Waals surface area contributed by atoms with Gasteiger partial charge in [-0.25, -0.2) is 17.8 Å². The third kappa shape index (κ3) is 4.16. The van der Waals surface area contributed by atoms with E-state index in [9.17, 15) is 31.5 Å². The Hall–Kier alpha value is -3.08. The lowest BCUT2D eigenvalue weighted by molar-refractivity contribution is -0.0436. The van der Waals surface area contributed by atoms with Gasteiger partial charge >= 0.3 is 11.2 Å². The van der Waals surface area contributed by atoms with Crippen molar-refractivity contribution in [2.24, 2.45) is 5.92 Å². The molecule has 1 N–H and O–H groups in total. The molecule has 0 saturated carbocycles. The predicted molar refractivity (Wildman–Crippen MR) is 112 cm³/mol. The van der Waals surface area contributed by atoms with Crippen LogP contribution in [0.1, 0.15) is 37.6 Å². The maximum atomic E-state index is 13.3. The van der Waals surface area contributed by atoms with Gasteiger partial charge in [-0.05, 0) is 61.2 Å². The maximum Gasteiger partial charge on any atom is 0.501 e. The fourth-order valence-electron chi connectivity index (χ4n) is 3.54. The van der Waals surface area contributed by atoms with Gasteiger partial charge in [0.05, 0.1) is 22.3 Å². The highest BCUT2D eigenvalue weighted by atomic mass is 32.2. The monoisotopic (exact) mass is 469 g/mol. The molecular weight excluding hydrogens is 447 g/mol. The molecule has 0 amide bonds. The van der Waals surface area contributed by atoms with Crippen molar-refractivity contribution in [1.82, 2.24) is 14.1 Å². The van der Waals surface area contributed by atoms with Crippen molar-refractivity contribution in [3.8, 4) is 11.6 Å². The van der Waals surface area contributed by atoms with Gasteiger partial charge < -0.3 is 5.11 Å². The highest BCUT2D eigenvalue weighted by Crippen LogP contribution is 2.32. The van der Waals surface area contributed by atoms with Gasteiger partial charge in [0.2, 0.25) is 5.88 Å². The first-order valence-corrected chi connectivity index (χ1v) is 11.2. The van der Waals surface area contributed by atoms with Gasteiger partial charge in [0.15, 0.2) is 0 Å². The highest BCUT2D eigenvalue weighted by Gasteiger charge is 2.46. The number of benzene rings is 1. The summed E-state index contributed by atoms with van der Waals surface area (Å²) in [4.78, 5) is 16.3. The smallest absolute Gasteiger partial charge is 0.493 e. The Morgan fingerprint density at radius 1 is 1.06 bits per heavy atom. The third-order valence-electron chi connectivity index (χ3n) is 5.10. The molecule has 0 spiro atoms. The summed E-state index contributed by atoms with van der Waals surface area (Å²) in [5.74, 6) is -0.180. The van der Waals surface area contributed by atoms with Crippen molar-refractivity contribution in [3.05, 3.63) is 70.5 Å². The predicted octanol–water partition coefficient (Wildman–Crippen LogP) is 3.98. The number of sulfone groups is 1. The second-order valence-corrected chi connectivity index (χ2v) is 9.71. The van der Waals surface area contributed by atoms with E-state index in [0.717, 1.165) is 34.4 Å². The average molecular weight is 469 g/mol. The lowest BCUT2D eigenvalue weighted by Gasteiger charge is -2.21. The van der Waals surface area contributed by atoms with Crippen molar-refractivity contribution in [2.75, 3.05) is 0 Å². The quantitative estimate of drug-likeness (QED) is 0.590. The van der Waals surface area contributed by atoms with E-state index < -0.39 is 32.0 Å². The normalized spacial score (nSPS) is 13.5. The lowest BCUT2D eigenvalue weighted by atomic mass is 9.97. The SMILES string of the molecule is Cc1c(O)n(-c2ccc(S(=O)(=O)C(F)(F)F)cc2)c(=O)n1C(CC(C)C)c1ccncc1. The number of imidazole rings is 1. The number of hydrogen-bond acceptors (Lipinski definition) is 5. The first-order valence-electron chi connectivity index (χ1n) is 9.70. The molecule has 172 valence electrons. The van der Waals surface area contributed by atoms with Gasteiger partial charge in [-0.15, -0.1) is 0 Å². The standard InChI is InChI=1S/C21H22F3N3O4S/c1-13(2)12-18(15-8-10-25-11-9-15)26-14(3)19(28)27(20(26)29)16-4-6-17(7-5-16)32(30,31)21(22,23)24/h4-11,13,18,28H,12H2,1-3H3. The molecule has 0 aliphatic rings. The zero-order valence-electron chi connectivity index (χ0n) is 17.5. The number of aromatic nitrogens is 3. The summed E-state index contributed by atoms with van der Waals surface area (Å²) >= 11 is 0. The van der Waals surface area contributed by atoms with Gasteiger partial charge in [-0.3, -0.25) is 9.55 Å². The van der Waals surface area contributed by atoms with E-state index in [4.69, 9.17) is 0 Å². The van der Waals surface area contributed by atoms with E-state index in [2.05, 4.69) is 4.98 Å². The maximum absolute atomic E-state index is 13.3. The Bertz CT molecular complexity index is 1260. The van der Waals surface area contributed by atoms with Crippen molar-refractivity contribution in [2.45, 2.75) is 43.6 Å². The summed E-state index contributed by atoms with van der Waals surface area (Å²) in [5, 5.41) is 10.7. The van der Waals surface area contributed by atoms with Gasteiger partial charge in [-0.1, -0.05) is 13.8 Å². The number of hydrogen-bond donors (Lipinski definition) is 1. The molecule has 0 radical (unpaired) electrons. The zero-order valence-corrected chi connectivity index (χ0v) is 18.4. The van der Waals surface area contributed by atoms with Crippen LogP contribution in [0.5, 0.6) is 5.88 Å². The van der Waals surface area contributed by atoms with Crippen molar-refractivity contribution < 1.29 is 26.7 Å². The van der Waals surface area contributed by atoms with Crippen molar-refractivity contribution >= 4 is 9.84 Å². The zero-order chi connectivity index (χ0) is 23.8. The van der Waals surface area contributed by atoms with Crippen LogP contribution in [-0.2, 0) is 9.84 Å². The van der Waals surface area contributed by atoms with Crippen LogP contribution in [0.4, 0.5) is 13.2 Å². The Morgan fingerprint density at radius 3 is 2.12 bits per heavy atom. The molecule has 3 aromatic rings. The van der Waals surface area contributed by atoms with E-state index in [1.165, 1.54) is 4.57 Å². The molecule has 3 rings (SSSR count). The van der Waals surface area contributed by atoms with Crippen LogP contribution in [0.15, 0.2) is 58.5 Å². The second-order valence-electron chi connectivity index (χ2n) is 7.77. The summed E-state index contributed by atoms with van der Waals surface area (Å²) in [6.45, 7) is 5.54. The topological polar surface area (TPSA) is 94.2 Å². The average Bonchev–Trinajstić information content (AvgIpc) is 2.94. The molecule has 1 atom stereocenters. The molecule has 0 aliphatic heterocycles. The van der Waals surface area contributed by atoms with Crippen LogP contribution >= 0.6 is 0 Å². The Kier molecular flexibility index (Phi) is 6.23.